The van der Waals surface area contributed by atoms with E-state index in [1.807, 2.05) is 49.5 Å². The standard InChI is InChI=1S/C33H29ClN4O2/c1-4-7-30-36-31-20(2)16-23(32-35-27-18-24(34)14-15-28(27)37(32)3)17-29(31)38(30)19-21-10-12-22(13-11-21)25-8-5-6-9-26(25)33(39)40/h5-6,8-18H,4,7,19H2,1-3H3,(H,39,40). The maximum atomic E-state index is 11.7. The van der Waals surface area contributed by atoms with Gasteiger partial charge in [0.25, 0.3) is 0 Å². The molecule has 0 aliphatic carbocycles. The number of imidazole rings is 2. The number of benzene rings is 4. The molecule has 40 heavy (non-hydrogen) atoms. The predicted molar refractivity (Wildman–Crippen MR) is 161 cm³/mol. The summed E-state index contributed by atoms with van der Waals surface area (Å²) >= 11 is 6.24. The van der Waals surface area contributed by atoms with Gasteiger partial charge in [0.1, 0.15) is 11.6 Å². The smallest absolute Gasteiger partial charge is 0.336 e. The largest absolute Gasteiger partial charge is 0.478 e. The van der Waals surface area contributed by atoms with Crippen molar-refractivity contribution in [2.45, 2.75) is 33.2 Å². The molecule has 200 valence electrons. The summed E-state index contributed by atoms with van der Waals surface area (Å²) in [5.74, 6) is 1.01. The lowest BCUT2D eigenvalue weighted by Gasteiger charge is -2.12. The van der Waals surface area contributed by atoms with Gasteiger partial charge >= 0.3 is 5.97 Å². The van der Waals surface area contributed by atoms with Crippen LogP contribution in [-0.2, 0) is 20.0 Å². The van der Waals surface area contributed by atoms with Gasteiger partial charge in [0.05, 0.1) is 27.6 Å². The van der Waals surface area contributed by atoms with E-state index >= 15 is 0 Å². The van der Waals surface area contributed by atoms with Gasteiger partial charge in [0.15, 0.2) is 0 Å². The second kappa shape index (κ2) is 10.3. The summed E-state index contributed by atoms with van der Waals surface area (Å²) in [5, 5.41) is 10.3. The third kappa shape index (κ3) is 4.54. The van der Waals surface area contributed by atoms with Gasteiger partial charge in [-0.3, -0.25) is 0 Å². The van der Waals surface area contributed by atoms with E-state index in [0.29, 0.717) is 22.7 Å². The molecule has 0 atom stereocenters. The molecule has 2 aromatic heterocycles. The van der Waals surface area contributed by atoms with E-state index in [1.165, 1.54) is 0 Å². The number of aryl methyl sites for hydroxylation is 3. The van der Waals surface area contributed by atoms with Gasteiger partial charge in [-0.05, 0) is 72.0 Å². The second-order valence-electron chi connectivity index (χ2n) is 10.2. The van der Waals surface area contributed by atoms with Crippen LogP contribution in [0.2, 0.25) is 5.02 Å². The Balaban J connectivity index is 1.42. The van der Waals surface area contributed by atoms with Gasteiger partial charge in [-0.1, -0.05) is 61.0 Å². The molecular weight excluding hydrogens is 520 g/mol. The lowest BCUT2D eigenvalue weighted by atomic mass is 9.98. The fourth-order valence-corrected chi connectivity index (χ4v) is 5.65. The van der Waals surface area contributed by atoms with Crippen LogP contribution in [0.3, 0.4) is 0 Å². The number of hydrogen-bond acceptors (Lipinski definition) is 3. The summed E-state index contributed by atoms with van der Waals surface area (Å²) in [4.78, 5) is 21.7. The Kier molecular flexibility index (Phi) is 6.64. The zero-order valence-corrected chi connectivity index (χ0v) is 23.4. The van der Waals surface area contributed by atoms with Crippen molar-refractivity contribution in [1.29, 1.82) is 0 Å². The zero-order valence-electron chi connectivity index (χ0n) is 22.6. The first-order valence-corrected chi connectivity index (χ1v) is 13.8. The summed E-state index contributed by atoms with van der Waals surface area (Å²) in [6.45, 7) is 4.93. The van der Waals surface area contributed by atoms with E-state index in [2.05, 4.69) is 47.2 Å². The summed E-state index contributed by atoms with van der Waals surface area (Å²) in [6, 6.07) is 25.4. The average Bonchev–Trinajstić information content (AvgIpc) is 3.46. The number of aromatic carboxylic acids is 1. The molecule has 6 aromatic rings. The van der Waals surface area contributed by atoms with Gasteiger partial charge in [0, 0.05) is 30.6 Å². The average molecular weight is 549 g/mol. The van der Waals surface area contributed by atoms with Crippen molar-refractivity contribution in [2.24, 2.45) is 7.05 Å². The molecule has 2 heterocycles. The Hall–Kier alpha value is -4.42. The fraction of sp³-hybridized carbons (Fsp3) is 0.182. The van der Waals surface area contributed by atoms with Crippen molar-refractivity contribution < 1.29 is 9.90 Å². The molecular formula is C33H29ClN4O2. The van der Waals surface area contributed by atoms with Crippen LogP contribution in [0.25, 0.3) is 44.6 Å². The van der Waals surface area contributed by atoms with Gasteiger partial charge in [-0.25, -0.2) is 14.8 Å². The number of carboxylic acids is 1. The maximum absolute atomic E-state index is 11.7. The minimum Gasteiger partial charge on any atom is -0.478 e. The van der Waals surface area contributed by atoms with E-state index in [0.717, 1.165) is 68.8 Å². The third-order valence-electron chi connectivity index (χ3n) is 7.46. The minimum atomic E-state index is -0.927. The first-order valence-electron chi connectivity index (χ1n) is 13.4. The number of carbonyl (C=O) groups is 1. The molecule has 6 rings (SSSR count). The van der Waals surface area contributed by atoms with Gasteiger partial charge < -0.3 is 14.2 Å². The summed E-state index contributed by atoms with van der Waals surface area (Å²) < 4.78 is 4.41. The van der Waals surface area contributed by atoms with Crippen LogP contribution in [0.4, 0.5) is 0 Å². The van der Waals surface area contributed by atoms with Gasteiger partial charge in [0.2, 0.25) is 0 Å². The highest BCUT2D eigenvalue weighted by Crippen LogP contribution is 2.32. The first-order chi connectivity index (χ1) is 19.3. The molecule has 4 aromatic carbocycles. The Morgan fingerprint density at radius 1 is 0.925 bits per heavy atom. The molecule has 0 aliphatic rings. The van der Waals surface area contributed by atoms with E-state index in [4.69, 9.17) is 21.6 Å². The monoisotopic (exact) mass is 548 g/mol. The molecule has 0 bridgehead atoms. The van der Waals surface area contributed by atoms with E-state index < -0.39 is 5.97 Å². The molecule has 6 nitrogen and oxygen atoms in total. The lowest BCUT2D eigenvalue weighted by molar-refractivity contribution is 0.0697. The minimum absolute atomic E-state index is 0.299. The molecule has 0 fully saturated rings. The molecule has 0 saturated carbocycles. The number of fused-ring (bicyclic) bond motifs is 2. The van der Waals surface area contributed by atoms with Gasteiger partial charge in [-0.15, -0.1) is 0 Å². The number of rotatable bonds is 7. The highest BCUT2D eigenvalue weighted by atomic mass is 35.5. The summed E-state index contributed by atoms with van der Waals surface area (Å²) in [7, 11) is 2.03. The SMILES string of the molecule is CCCc1nc2c(C)cc(-c3nc4cc(Cl)ccc4n3C)cc2n1Cc1ccc(-c2ccccc2C(=O)O)cc1. The highest BCUT2D eigenvalue weighted by Gasteiger charge is 2.18. The summed E-state index contributed by atoms with van der Waals surface area (Å²) in [6.07, 6.45) is 1.87. The third-order valence-corrected chi connectivity index (χ3v) is 7.70. The van der Waals surface area contributed by atoms with Crippen LogP contribution in [-0.4, -0.2) is 30.2 Å². The quantitative estimate of drug-likeness (QED) is 0.220. The number of hydrogen-bond donors (Lipinski definition) is 1. The number of nitrogens with zero attached hydrogens (tertiary/aromatic N) is 4. The lowest BCUT2D eigenvalue weighted by Crippen LogP contribution is -2.05. The molecule has 0 aliphatic heterocycles. The van der Waals surface area contributed by atoms with Crippen LogP contribution >= 0.6 is 11.6 Å². The number of carboxylic acid groups (broad SMARTS) is 1. The zero-order chi connectivity index (χ0) is 28.0. The molecule has 0 spiro atoms. The first kappa shape index (κ1) is 25.8. The molecule has 0 saturated heterocycles. The predicted octanol–water partition coefficient (Wildman–Crippen LogP) is 7.92. The van der Waals surface area contributed by atoms with Crippen LogP contribution < -0.4 is 0 Å². The van der Waals surface area contributed by atoms with Crippen molar-refractivity contribution >= 4 is 39.6 Å². The second-order valence-corrected chi connectivity index (χ2v) is 10.6. The maximum Gasteiger partial charge on any atom is 0.336 e. The van der Waals surface area contributed by atoms with E-state index in [9.17, 15) is 9.90 Å². The highest BCUT2D eigenvalue weighted by molar-refractivity contribution is 6.31. The van der Waals surface area contributed by atoms with Crippen molar-refractivity contribution in [3.63, 3.8) is 0 Å². The van der Waals surface area contributed by atoms with Crippen molar-refractivity contribution in [2.75, 3.05) is 0 Å². The molecule has 0 amide bonds. The normalized spacial score (nSPS) is 11.5. The van der Waals surface area contributed by atoms with Crippen molar-refractivity contribution in [3.8, 4) is 22.5 Å². The summed E-state index contributed by atoms with van der Waals surface area (Å²) in [5.41, 5.74) is 9.12. The van der Waals surface area contributed by atoms with E-state index in [-0.39, 0.29) is 0 Å². The number of halogens is 1. The van der Waals surface area contributed by atoms with Crippen LogP contribution in [0.1, 0.15) is 40.7 Å². The van der Waals surface area contributed by atoms with Gasteiger partial charge in [-0.2, -0.15) is 0 Å². The molecule has 0 unspecified atom stereocenters. The van der Waals surface area contributed by atoms with Crippen LogP contribution in [0.5, 0.6) is 0 Å². The van der Waals surface area contributed by atoms with Crippen molar-refractivity contribution in [1.82, 2.24) is 19.1 Å². The topological polar surface area (TPSA) is 72.9 Å². The molecule has 0 radical (unpaired) electrons. The Morgan fingerprint density at radius 3 is 2.45 bits per heavy atom. The van der Waals surface area contributed by atoms with E-state index in [1.54, 1.807) is 12.1 Å². The number of aromatic nitrogens is 4. The molecule has 1 N–H and O–H groups in total. The Morgan fingerprint density at radius 2 is 1.70 bits per heavy atom. The van der Waals surface area contributed by atoms with Crippen LogP contribution in [0.15, 0.2) is 78.9 Å². The molecule has 7 heteroatoms. The van der Waals surface area contributed by atoms with Crippen molar-refractivity contribution in [3.05, 3.63) is 106 Å². The van der Waals surface area contributed by atoms with Crippen LogP contribution in [0, 0.1) is 6.92 Å². The fourth-order valence-electron chi connectivity index (χ4n) is 5.49. The Labute approximate surface area is 237 Å². The Bertz CT molecular complexity index is 1900.